The number of rotatable bonds is 4. The topological polar surface area (TPSA) is 83.6 Å². The largest absolute Gasteiger partial charge is 0.480 e. The summed E-state index contributed by atoms with van der Waals surface area (Å²) in [4.78, 5) is 26.0. The number of carboxylic acid groups (broad SMARTS) is 1. The minimum absolute atomic E-state index is 0.205. The maximum Gasteiger partial charge on any atom is 0.329 e. The summed E-state index contributed by atoms with van der Waals surface area (Å²) in [5, 5.41) is 9.52. The molecule has 2 rings (SSSR count). The van der Waals surface area contributed by atoms with Crippen molar-refractivity contribution in [1.82, 2.24) is 4.90 Å². The number of carboxylic acids is 1. The predicted molar refractivity (Wildman–Crippen MR) is 80.1 cm³/mol. The highest BCUT2D eigenvalue weighted by atomic mass is 16.4. The van der Waals surface area contributed by atoms with Crippen LogP contribution in [0.5, 0.6) is 0 Å². The van der Waals surface area contributed by atoms with Gasteiger partial charge < -0.3 is 15.7 Å². The van der Waals surface area contributed by atoms with Gasteiger partial charge in [0.1, 0.15) is 5.54 Å². The van der Waals surface area contributed by atoms with E-state index in [4.69, 9.17) is 5.73 Å². The first-order chi connectivity index (χ1) is 10.0. The zero-order valence-electron chi connectivity index (χ0n) is 12.3. The quantitative estimate of drug-likeness (QED) is 0.883. The van der Waals surface area contributed by atoms with Crippen molar-refractivity contribution in [3.8, 4) is 0 Å². The third-order valence-electron chi connectivity index (χ3n) is 4.26. The number of nitrogens with zero attached hydrogens (tertiary/aromatic N) is 1. The van der Waals surface area contributed by atoms with Crippen LogP contribution in [0.15, 0.2) is 24.3 Å². The standard InChI is InChI=1S/C16H22N2O3/c1-16(15(20)21)9-4-5-11-18(16)14(19)13-7-3-2-6-12(13)8-10-17/h2-3,6-7H,4-5,8-11,17H2,1H3,(H,20,21). The van der Waals surface area contributed by atoms with E-state index < -0.39 is 11.5 Å². The number of aliphatic carboxylic acids is 1. The molecule has 0 aromatic heterocycles. The van der Waals surface area contributed by atoms with Crippen LogP contribution in [0.3, 0.4) is 0 Å². The normalized spacial score (nSPS) is 22.1. The second-order valence-corrected chi connectivity index (χ2v) is 5.69. The summed E-state index contributed by atoms with van der Waals surface area (Å²) in [6.45, 7) is 2.58. The van der Waals surface area contributed by atoms with Gasteiger partial charge in [-0.2, -0.15) is 0 Å². The lowest BCUT2D eigenvalue weighted by Crippen LogP contribution is -2.57. The molecule has 0 spiro atoms. The van der Waals surface area contributed by atoms with Gasteiger partial charge in [0.25, 0.3) is 5.91 Å². The van der Waals surface area contributed by atoms with Crippen LogP contribution in [0.4, 0.5) is 0 Å². The number of carbonyl (C=O) groups excluding carboxylic acids is 1. The molecule has 1 heterocycles. The Morgan fingerprint density at radius 1 is 1.33 bits per heavy atom. The second kappa shape index (κ2) is 6.26. The van der Waals surface area contributed by atoms with E-state index in [9.17, 15) is 14.7 Å². The minimum Gasteiger partial charge on any atom is -0.480 e. The molecule has 0 bridgehead atoms. The number of hydrogen-bond donors (Lipinski definition) is 2. The van der Waals surface area contributed by atoms with E-state index >= 15 is 0 Å². The summed E-state index contributed by atoms with van der Waals surface area (Å²) >= 11 is 0. The van der Waals surface area contributed by atoms with Gasteiger partial charge in [-0.05, 0) is 50.8 Å². The Labute approximate surface area is 124 Å². The highest BCUT2D eigenvalue weighted by molar-refractivity contribution is 5.99. The molecule has 1 atom stereocenters. The Morgan fingerprint density at radius 2 is 2.05 bits per heavy atom. The molecule has 1 fully saturated rings. The molecule has 0 aliphatic carbocycles. The second-order valence-electron chi connectivity index (χ2n) is 5.69. The van der Waals surface area contributed by atoms with E-state index in [1.807, 2.05) is 12.1 Å². The number of hydrogen-bond acceptors (Lipinski definition) is 3. The molecule has 5 heteroatoms. The SMILES string of the molecule is CC1(C(=O)O)CCCCN1C(=O)c1ccccc1CCN. The highest BCUT2D eigenvalue weighted by Gasteiger charge is 2.44. The fourth-order valence-electron chi connectivity index (χ4n) is 2.92. The molecule has 3 N–H and O–H groups in total. The van der Waals surface area contributed by atoms with Crippen molar-refractivity contribution >= 4 is 11.9 Å². The fraction of sp³-hybridized carbons (Fsp3) is 0.500. The predicted octanol–water partition coefficient (Wildman–Crippen LogP) is 1.66. The molecule has 5 nitrogen and oxygen atoms in total. The van der Waals surface area contributed by atoms with Gasteiger partial charge in [-0.25, -0.2) is 4.79 Å². The Bertz CT molecular complexity index is 544. The maximum absolute atomic E-state index is 12.8. The first-order valence-corrected chi connectivity index (χ1v) is 7.34. The molecule has 1 aromatic carbocycles. The van der Waals surface area contributed by atoms with E-state index in [1.54, 1.807) is 19.1 Å². The Balaban J connectivity index is 2.36. The molecular formula is C16H22N2O3. The lowest BCUT2D eigenvalue weighted by atomic mass is 9.87. The lowest BCUT2D eigenvalue weighted by Gasteiger charge is -2.41. The molecule has 1 aromatic rings. The smallest absolute Gasteiger partial charge is 0.329 e. The summed E-state index contributed by atoms with van der Waals surface area (Å²) in [5.41, 5.74) is 5.92. The molecule has 1 amide bonds. The summed E-state index contributed by atoms with van der Waals surface area (Å²) in [6.07, 6.45) is 2.78. The average molecular weight is 290 g/mol. The van der Waals surface area contributed by atoms with Crippen LogP contribution >= 0.6 is 0 Å². The monoisotopic (exact) mass is 290 g/mol. The van der Waals surface area contributed by atoms with Gasteiger partial charge in [0, 0.05) is 12.1 Å². The van der Waals surface area contributed by atoms with Gasteiger partial charge in [0.2, 0.25) is 0 Å². The van der Waals surface area contributed by atoms with Gasteiger partial charge in [-0.3, -0.25) is 4.79 Å². The Morgan fingerprint density at radius 3 is 2.71 bits per heavy atom. The fourth-order valence-corrected chi connectivity index (χ4v) is 2.92. The lowest BCUT2D eigenvalue weighted by molar-refractivity contribution is -0.150. The third-order valence-corrected chi connectivity index (χ3v) is 4.26. The average Bonchev–Trinajstić information content (AvgIpc) is 2.48. The molecule has 1 saturated heterocycles. The van der Waals surface area contributed by atoms with Gasteiger partial charge in [0.15, 0.2) is 0 Å². The van der Waals surface area contributed by atoms with Crippen LogP contribution in [0.2, 0.25) is 0 Å². The first kappa shape index (κ1) is 15.5. The summed E-state index contributed by atoms with van der Waals surface area (Å²) in [6, 6.07) is 7.30. The molecule has 114 valence electrons. The molecule has 1 aliphatic heterocycles. The van der Waals surface area contributed by atoms with Crippen LogP contribution in [0, 0.1) is 0 Å². The Hall–Kier alpha value is -1.88. The number of piperidine rings is 1. The van der Waals surface area contributed by atoms with Crippen molar-refractivity contribution in [1.29, 1.82) is 0 Å². The van der Waals surface area contributed by atoms with Gasteiger partial charge in [0.05, 0.1) is 0 Å². The van der Waals surface area contributed by atoms with Crippen LogP contribution in [0.25, 0.3) is 0 Å². The van der Waals surface area contributed by atoms with Gasteiger partial charge in [-0.1, -0.05) is 18.2 Å². The molecule has 21 heavy (non-hydrogen) atoms. The van der Waals surface area contributed by atoms with E-state index in [0.29, 0.717) is 31.5 Å². The molecule has 0 radical (unpaired) electrons. The van der Waals surface area contributed by atoms with Gasteiger partial charge >= 0.3 is 5.97 Å². The molecular weight excluding hydrogens is 268 g/mol. The third kappa shape index (κ3) is 2.93. The van der Waals surface area contributed by atoms with E-state index in [1.165, 1.54) is 4.90 Å². The van der Waals surface area contributed by atoms with Crippen molar-refractivity contribution in [3.63, 3.8) is 0 Å². The number of carbonyl (C=O) groups is 2. The van der Waals surface area contributed by atoms with E-state index in [0.717, 1.165) is 18.4 Å². The van der Waals surface area contributed by atoms with E-state index in [2.05, 4.69) is 0 Å². The zero-order valence-corrected chi connectivity index (χ0v) is 12.3. The number of amides is 1. The van der Waals surface area contributed by atoms with E-state index in [-0.39, 0.29) is 5.91 Å². The summed E-state index contributed by atoms with van der Waals surface area (Å²) in [7, 11) is 0. The summed E-state index contributed by atoms with van der Waals surface area (Å²) in [5.74, 6) is -1.14. The summed E-state index contributed by atoms with van der Waals surface area (Å²) < 4.78 is 0. The van der Waals surface area contributed by atoms with Crippen LogP contribution < -0.4 is 5.73 Å². The van der Waals surface area contributed by atoms with Crippen molar-refractivity contribution < 1.29 is 14.7 Å². The number of benzene rings is 1. The first-order valence-electron chi connectivity index (χ1n) is 7.34. The molecule has 0 saturated carbocycles. The number of nitrogens with two attached hydrogens (primary N) is 1. The van der Waals surface area contributed by atoms with Crippen LogP contribution in [-0.2, 0) is 11.2 Å². The minimum atomic E-state index is -1.12. The maximum atomic E-state index is 12.8. The molecule has 1 aliphatic rings. The van der Waals surface area contributed by atoms with Crippen molar-refractivity contribution in [3.05, 3.63) is 35.4 Å². The van der Waals surface area contributed by atoms with Gasteiger partial charge in [-0.15, -0.1) is 0 Å². The van der Waals surface area contributed by atoms with Crippen LogP contribution in [0.1, 0.15) is 42.1 Å². The Kier molecular flexibility index (Phi) is 4.63. The molecule has 1 unspecified atom stereocenters. The van der Waals surface area contributed by atoms with Crippen molar-refractivity contribution in [2.24, 2.45) is 5.73 Å². The van der Waals surface area contributed by atoms with Crippen molar-refractivity contribution in [2.75, 3.05) is 13.1 Å². The highest BCUT2D eigenvalue weighted by Crippen LogP contribution is 2.30. The zero-order chi connectivity index (χ0) is 15.5. The van der Waals surface area contributed by atoms with Crippen molar-refractivity contribution in [2.45, 2.75) is 38.1 Å². The van der Waals surface area contributed by atoms with Crippen LogP contribution in [-0.4, -0.2) is 40.5 Å². The number of likely N-dealkylation sites (tertiary alicyclic amines) is 1.